The molecular formula is C17H23N3O. The maximum atomic E-state index is 5.73. The van der Waals surface area contributed by atoms with Crippen molar-refractivity contribution in [3.05, 3.63) is 41.7 Å². The van der Waals surface area contributed by atoms with E-state index < -0.39 is 0 Å². The van der Waals surface area contributed by atoms with Gasteiger partial charge in [-0.15, -0.1) is 0 Å². The van der Waals surface area contributed by atoms with Gasteiger partial charge in [0.1, 0.15) is 5.82 Å². The smallest absolute Gasteiger partial charge is 0.140 e. The number of ether oxygens (including phenoxy) is 1. The molecule has 21 heavy (non-hydrogen) atoms. The molecule has 1 aliphatic rings. The van der Waals surface area contributed by atoms with Crippen LogP contribution in [0.2, 0.25) is 0 Å². The fourth-order valence-corrected chi connectivity index (χ4v) is 2.97. The number of nitrogens with one attached hydrogen (secondary N) is 1. The summed E-state index contributed by atoms with van der Waals surface area (Å²) in [5.74, 6) is 1.07. The molecule has 2 aromatic rings. The third-order valence-corrected chi connectivity index (χ3v) is 3.91. The van der Waals surface area contributed by atoms with E-state index in [0.717, 1.165) is 38.5 Å². The van der Waals surface area contributed by atoms with E-state index in [1.807, 2.05) is 13.0 Å². The zero-order chi connectivity index (χ0) is 14.7. The van der Waals surface area contributed by atoms with Crippen molar-refractivity contribution in [1.82, 2.24) is 14.9 Å². The van der Waals surface area contributed by atoms with E-state index in [0.29, 0.717) is 0 Å². The van der Waals surface area contributed by atoms with Crippen LogP contribution in [-0.4, -0.2) is 28.8 Å². The second-order valence-corrected chi connectivity index (χ2v) is 5.50. The van der Waals surface area contributed by atoms with E-state index in [-0.39, 0.29) is 6.10 Å². The SMILES string of the molecule is CCOC(C)Cn1c(-c2ccccc2)nc2c1CCNC2. The van der Waals surface area contributed by atoms with Crippen LogP contribution in [0.15, 0.2) is 30.3 Å². The molecular weight excluding hydrogens is 262 g/mol. The maximum Gasteiger partial charge on any atom is 0.140 e. The molecule has 1 aromatic heterocycles. The first-order valence-electron chi connectivity index (χ1n) is 7.75. The molecule has 3 rings (SSSR count). The Morgan fingerprint density at radius 3 is 2.90 bits per heavy atom. The summed E-state index contributed by atoms with van der Waals surface area (Å²) in [6.45, 7) is 7.68. The minimum Gasteiger partial charge on any atom is -0.377 e. The van der Waals surface area contributed by atoms with Crippen molar-refractivity contribution in [3.63, 3.8) is 0 Å². The molecule has 0 radical (unpaired) electrons. The van der Waals surface area contributed by atoms with Crippen molar-refractivity contribution in [2.45, 2.75) is 39.5 Å². The molecule has 2 heterocycles. The van der Waals surface area contributed by atoms with E-state index >= 15 is 0 Å². The van der Waals surface area contributed by atoms with Gasteiger partial charge in [0.25, 0.3) is 0 Å². The number of aromatic nitrogens is 2. The van der Waals surface area contributed by atoms with Gasteiger partial charge in [-0.05, 0) is 13.8 Å². The standard InChI is InChI=1S/C17H23N3O/c1-3-21-13(2)12-20-16-9-10-18-11-15(16)19-17(20)14-7-5-4-6-8-14/h4-8,13,18H,3,9-12H2,1-2H3. The topological polar surface area (TPSA) is 39.1 Å². The molecule has 1 aliphatic heterocycles. The molecule has 0 saturated heterocycles. The van der Waals surface area contributed by atoms with Crippen LogP contribution >= 0.6 is 0 Å². The Morgan fingerprint density at radius 1 is 1.33 bits per heavy atom. The minimum atomic E-state index is 0.200. The quantitative estimate of drug-likeness (QED) is 0.918. The molecule has 112 valence electrons. The summed E-state index contributed by atoms with van der Waals surface area (Å²) >= 11 is 0. The third-order valence-electron chi connectivity index (χ3n) is 3.91. The van der Waals surface area contributed by atoms with Gasteiger partial charge in [-0.25, -0.2) is 4.98 Å². The molecule has 0 aliphatic carbocycles. The van der Waals surface area contributed by atoms with Gasteiger partial charge in [0.15, 0.2) is 0 Å². The maximum absolute atomic E-state index is 5.73. The molecule has 4 nitrogen and oxygen atoms in total. The van der Waals surface area contributed by atoms with E-state index in [2.05, 4.69) is 41.1 Å². The number of imidazole rings is 1. The summed E-state index contributed by atoms with van der Waals surface area (Å²) in [7, 11) is 0. The van der Waals surface area contributed by atoms with Gasteiger partial charge >= 0.3 is 0 Å². The monoisotopic (exact) mass is 285 g/mol. The summed E-state index contributed by atoms with van der Waals surface area (Å²) < 4.78 is 8.09. The first-order chi connectivity index (χ1) is 10.3. The predicted molar refractivity (Wildman–Crippen MR) is 84.2 cm³/mol. The van der Waals surface area contributed by atoms with Gasteiger partial charge < -0.3 is 14.6 Å². The molecule has 1 unspecified atom stereocenters. The van der Waals surface area contributed by atoms with E-state index in [1.165, 1.54) is 17.0 Å². The average Bonchev–Trinajstić information content (AvgIpc) is 2.87. The molecule has 0 saturated carbocycles. The lowest BCUT2D eigenvalue weighted by Gasteiger charge is -2.19. The predicted octanol–water partition coefficient (Wildman–Crippen LogP) is 2.62. The molecule has 0 fully saturated rings. The second kappa shape index (κ2) is 6.41. The van der Waals surface area contributed by atoms with Crippen molar-refractivity contribution < 1.29 is 4.74 Å². The Labute approximate surface area is 126 Å². The Balaban J connectivity index is 2.00. The zero-order valence-electron chi connectivity index (χ0n) is 12.8. The first kappa shape index (κ1) is 14.3. The normalized spacial score (nSPS) is 15.7. The lowest BCUT2D eigenvalue weighted by molar-refractivity contribution is 0.0637. The Bertz CT molecular complexity index is 592. The van der Waals surface area contributed by atoms with Gasteiger partial charge in [-0.1, -0.05) is 30.3 Å². The second-order valence-electron chi connectivity index (χ2n) is 5.50. The number of rotatable bonds is 5. The van der Waals surface area contributed by atoms with Crippen LogP contribution in [0.5, 0.6) is 0 Å². The lowest BCUT2D eigenvalue weighted by atomic mass is 10.1. The Kier molecular flexibility index (Phi) is 4.36. The van der Waals surface area contributed by atoms with Crippen LogP contribution in [0.25, 0.3) is 11.4 Å². The van der Waals surface area contributed by atoms with E-state index in [1.54, 1.807) is 0 Å². The van der Waals surface area contributed by atoms with Gasteiger partial charge in [0.2, 0.25) is 0 Å². The van der Waals surface area contributed by atoms with E-state index in [4.69, 9.17) is 9.72 Å². The van der Waals surface area contributed by atoms with E-state index in [9.17, 15) is 0 Å². The fraction of sp³-hybridized carbons (Fsp3) is 0.471. The van der Waals surface area contributed by atoms with Crippen molar-refractivity contribution >= 4 is 0 Å². The fourth-order valence-electron chi connectivity index (χ4n) is 2.97. The first-order valence-corrected chi connectivity index (χ1v) is 7.75. The van der Waals surface area contributed by atoms with Crippen molar-refractivity contribution in [2.75, 3.05) is 13.2 Å². The van der Waals surface area contributed by atoms with Crippen molar-refractivity contribution in [3.8, 4) is 11.4 Å². The van der Waals surface area contributed by atoms with Gasteiger partial charge in [-0.3, -0.25) is 0 Å². The van der Waals surface area contributed by atoms with Gasteiger partial charge in [0, 0.05) is 37.4 Å². The molecule has 0 bridgehead atoms. The van der Waals surface area contributed by atoms with Crippen LogP contribution < -0.4 is 5.32 Å². The van der Waals surface area contributed by atoms with Crippen LogP contribution in [-0.2, 0) is 24.2 Å². The zero-order valence-corrected chi connectivity index (χ0v) is 12.8. The Morgan fingerprint density at radius 2 is 2.14 bits per heavy atom. The molecule has 1 aromatic carbocycles. The Hall–Kier alpha value is -1.65. The summed E-state index contributed by atoms with van der Waals surface area (Å²) in [5, 5.41) is 3.40. The van der Waals surface area contributed by atoms with Crippen LogP contribution in [0.4, 0.5) is 0 Å². The number of hydrogen-bond donors (Lipinski definition) is 1. The highest BCUT2D eigenvalue weighted by Crippen LogP contribution is 2.25. The van der Waals surface area contributed by atoms with Crippen molar-refractivity contribution in [1.29, 1.82) is 0 Å². The lowest BCUT2D eigenvalue weighted by Crippen LogP contribution is -2.26. The van der Waals surface area contributed by atoms with Crippen LogP contribution in [0.1, 0.15) is 25.2 Å². The third kappa shape index (κ3) is 3.01. The van der Waals surface area contributed by atoms with Crippen LogP contribution in [0, 0.1) is 0 Å². The highest BCUT2D eigenvalue weighted by molar-refractivity contribution is 5.57. The summed E-state index contributed by atoms with van der Waals surface area (Å²) in [5.41, 5.74) is 3.72. The highest BCUT2D eigenvalue weighted by Gasteiger charge is 2.21. The molecule has 1 atom stereocenters. The van der Waals surface area contributed by atoms with Crippen molar-refractivity contribution in [2.24, 2.45) is 0 Å². The molecule has 0 spiro atoms. The van der Waals surface area contributed by atoms with Gasteiger partial charge in [-0.2, -0.15) is 0 Å². The largest absolute Gasteiger partial charge is 0.377 e. The molecule has 1 N–H and O–H groups in total. The van der Waals surface area contributed by atoms with Gasteiger partial charge in [0.05, 0.1) is 18.3 Å². The molecule has 0 amide bonds. The highest BCUT2D eigenvalue weighted by atomic mass is 16.5. The number of benzene rings is 1. The number of fused-ring (bicyclic) bond motifs is 1. The molecule has 4 heteroatoms. The number of hydrogen-bond acceptors (Lipinski definition) is 3. The van der Waals surface area contributed by atoms with Crippen LogP contribution in [0.3, 0.4) is 0 Å². The number of nitrogens with zero attached hydrogens (tertiary/aromatic N) is 2. The summed E-state index contributed by atoms with van der Waals surface area (Å²) in [4.78, 5) is 4.88. The average molecular weight is 285 g/mol. The summed E-state index contributed by atoms with van der Waals surface area (Å²) in [6.07, 6.45) is 1.24. The summed E-state index contributed by atoms with van der Waals surface area (Å²) in [6, 6.07) is 10.4. The minimum absolute atomic E-state index is 0.200.